The SMILES string of the molecule is COc1cc(Nc2nccc(Sc3ccc(NC(=O)CC#N)cc3)n2)cc(OC)c1OC. The summed E-state index contributed by atoms with van der Waals surface area (Å²) in [5.74, 6) is 1.59. The van der Waals surface area contributed by atoms with E-state index in [4.69, 9.17) is 19.5 Å². The molecule has 10 heteroatoms. The van der Waals surface area contributed by atoms with Crippen molar-refractivity contribution in [3.63, 3.8) is 0 Å². The Morgan fingerprint density at radius 2 is 1.72 bits per heavy atom. The minimum absolute atomic E-state index is 0.181. The van der Waals surface area contributed by atoms with Crippen molar-refractivity contribution in [2.45, 2.75) is 16.3 Å². The average Bonchev–Trinajstić information content (AvgIpc) is 2.80. The molecule has 0 radical (unpaired) electrons. The number of carbonyl (C=O) groups is 1. The zero-order chi connectivity index (χ0) is 22.9. The third kappa shape index (κ3) is 5.80. The summed E-state index contributed by atoms with van der Waals surface area (Å²) in [5, 5.41) is 15.1. The summed E-state index contributed by atoms with van der Waals surface area (Å²) in [7, 11) is 4.65. The van der Waals surface area contributed by atoms with Gasteiger partial charge in [-0.05, 0) is 30.3 Å². The molecule has 0 aliphatic rings. The second-order valence-electron chi connectivity index (χ2n) is 6.27. The molecule has 0 saturated carbocycles. The highest BCUT2D eigenvalue weighted by molar-refractivity contribution is 7.99. The predicted octanol–water partition coefficient (Wildman–Crippen LogP) is 4.25. The van der Waals surface area contributed by atoms with E-state index in [1.165, 1.54) is 11.8 Å². The highest BCUT2D eigenvalue weighted by atomic mass is 32.2. The number of aromatic nitrogens is 2. The van der Waals surface area contributed by atoms with Gasteiger partial charge < -0.3 is 24.8 Å². The monoisotopic (exact) mass is 451 g/mol. The topological polar surface area (TPSA) is 118 Å². The van der Waals surface area contributed by atoms with Crippen LogP contribution in [0.2, 0.25) is 0 Å². The first-order valence-electron chi connectivity index (χ1n) is 9.41. The Hall–Kier alpha value is -3.97. The summed E-state index contributed by atoms with van der Waals surface area (Å²) in [5.41, 5.74) is 1.31. The van der Waals surface area contributed by atoms with Crippen molar-refractivity contribution in [3.05, 3.63) is 48.7 Å². The highest BCUT2D eigenvalue weighted by Crippen LogP contribution is 2.40. The fourth-order valence-electron chi connectivity index (χ4n) is 2.75. The maximum atomic E-state index is 11.5. The number of benzene rings is 2. The van der Waals surface area contributed by atoms with Crippen molar-refractivity contribution in [1.29, 1.82) is 5.26 Å². The zero-order valence-electron chi connectivity index (χ0n) is 17.7. The molecule has 0 bridgehead atoms. The second-order valence-corrected chi connectivity index (χ2v) is 7.36. The molecule has 1 heterocycles. The number of rotatable bonds is 9. The third-order valence-corrected chi connectivity index (χ3v) is 5.10. The standard InChI is InChI=1S/C22H21N5O4S/c1-29-17-12-15(13-18(30-2)21(17)31-3)26-22-24-11-9-20(27-22)32-16-6-4-14(5-7-16)25-19(28)8-10-23/h4-7,9,11-13H,8H2,1-3H3,(H,25,28)(H,24,26,27). The van der Waals surface area contributed by atoms with Crippen molar-refractivity contribution in [2.24, 2.45) is 0 Å². The minimum Gasteiger partial charge on any atom is -0.493 e. The minimum atomic E-state index is -0.341. The summed E-state index contributed by atoms with van der Waals surface area (Å²) in [6.07, 6.45) is 1.48. The lowest BCUT2D eigenvalue weighted by molar-refractivity contribution is -0.115. The molecule has 0 atom stereocenters. The number of ether oxygens (including phenoxy) is 3. The van der Waals surface area contributed by atoms with E-state index in [2.05, 4.69) is 20.6 Å². The summed E-state index contributed by atoms with van der Waals surface area (Å²) < 4.78 is 16.1. The number of anilines is 3. The smallest absolute Gasteiger partial charge is 0.238 e. The van der Waals surface area contributed by atoms with Crippen LogP contribution >= 0.6 is 11.8 Å². The fraction of sp³-hybridized carbons (Fsp3) is 0.182. The van der Waals surface area contributed by atoms with Gasteiger partial charge >= 0.3 is 0 Å². The fourth-order valence-corrected chi connectivity index (χ4v) is 3.52. The molecule has 0 fully saturated rings. The van der Waals surface area contributed by atoms with Crippen LogP contribution in [0.4, 0.5) is 17.3 Å². The number of hydrogen-bond donors (Lipinski definition) is 2. The van der Waals surface area contributed by atoms with Crippen molar-refractivity contribution < 1.29 is 19.0 Å². The maximum Gasteiger partial charge on any atom is 0.238 e. The molecule has 1 aromatic heterocycles. The van der Waals surface area contributed by atoms with Crippen LogP contribution in [0.3, 0.4) is 0 Å². The van der Waals surface area contributed by atoms with Crippen LogP contribution in [0.15, 0.2) is 58.6 Å². The van der Waals surface area contributed by atoms with E-state index in [-0.39, 0.29) is 12.3 Å². The lowest BCUT2D eigenvalue weighted by Crippen LogP contribution is -2.09. The van der Waals surface area contributed by atoms with Crippen molar-refractivity contribution in [1.82, 2.24) is 9.97 Å². The van der Waals surface area contributed by atoms with Gasteiger partial charge in [-0.25, -0.2) is 9.97 Å². The molecule has 9 nitrogen and oxygen atoms in total. The van der Waals surface area contributed by atoms with Crippen molar-refractivity contribution in [2.75, 3.05) is 32.0 Å². The molecule has 2 aromatic carbocycles. The molecule has 164 valence electrons. The first-order valence-corrected chi connectivity index (χ1v) is 10.2. The van der Waals surface area contributed by atoms with Crippen LogP contribution in [0, 0.1) is 11.3 Å². The van der Waals surface area contributed by atoms with E-state index in [1.807, 2.05) is 18.2 Å². The molecule has 1 amide bonds. The number of nitriles is 1. The van der Waals surface area contributed by atoms with Crippen LogP contribution in [0.5, 0.6) is 17.2 Å². The van der Waals surface area contributed by atoms with Gasteiger partial charge in [0.15, 0.2) is 11.5 Å². The van der Waals surface area contributed by atoms with E-state index in [0.717, 1.165) is 9.92 Å². The Bertz CT molecular complexity index is 1110. The average molecular weight is 452 g/mol. The van der Waals surface area contributed by atoms with Crippen LogP contribution in [-0.4, -0.2) is 37.2 Å². The zero-order valence-corrected chi connectivity index (χ0v) is 18.5. The van der Waals surface area contributed by atoms with Gasteiger partial charge in [-0.2, -0.15) is 5.26 Å². The van der Waals surface area contributed by atoms with Gasteiger partial charge in [0.2, 0.25) is 17.6 Å². The maximum absolute atomic E-state index is 11.5. The summed E-state index contributed by atoms with van der Waals surface area (Å²) in [6, 6.07) is 14.4. The van der Waals surface area contributed by atoms with Crippen LogP contribution in [0.25, 0.3) is 0 Å². The molecule has 0 saturated heterocycles. The van der Waals surface area contributed by atoms with Gasteiger partial charge in [0.1, 0.15) is 11.4 Å². The summed E-state index contributed by atoms with van der Waals surface area (Å²) >= 11 is 1.45. The summed E-state index contributed by atoms with van der Waals surface area (Å²) in [4.78, 5) is 21.2. The van der Waals surface area contributed by atoms with E-state index >= 15 is 0 Å². The number of methoxy groups -OCH3 is 3. The second kappa shape index (κ2) is 10.9. The molecule has 0 aliphatic heterocycles. The van der Waals surface area contributed by atoms with Crippen molar-refractivity contribution >= 4 is 35.0 Å². The van der Waals surface area contributed by atoms with E-state index in [0.29, 0.717) is 34.6 Å². The Morgan fingerprint density at radius 1 is 1.03 bits per heavy atom. The number of nitrogens with zero attached hydrogens (tertiary/aromatic N) is 3. The molecule has 3 rings (SSSR count). The Labute approximate surface area is 189 Å². The number of carbonyl (C=O) groups excluding carboxylic acids is 1. The van der Waals surface area contributed by atoms with Gasteiger partial charge in [0.25, 0.3) is 0 Å². The lowest BCUT2D eigenvalue weighted by atomic mass is 10.2. The highest BCUT2D eigenvalue weighted by Gasteiger charge is 2.14. The molecule has 2 N–H and O–H groups in total. The predicted molar refractivity (Wildman–Crippen MR) is 121 cm³/mol. The molecule has 3 aromatic rings. The third-order valence-electron chi connectivity index (χ3n) is 4.15. The van der Waals surface area contributed by atoms with Crippen LogP contribution in [0.1, 0.15) is 6.42 Å². The lowest BCUT2D eigenvalue weighted by Gasteiger charge is -2.14. The van der Waals surface area contributed by atoms with E-state index in [9.17, 15) is 4.79 Å². The van der Waals surface area contributed by atoms with Gasteiger partial charge in [-0.3, -0.25) is 4.79 Å². The molecular weight excluding hydrogens is 430 g/mol. The number of amides is 1. The van der Waals surface area contributed by atoms with E-state index in [1.54, 1.807) is 57.9 Å². The summed E-state index contributed by atoms with van der Waals surface area (Å²) in [6.45, 7) is 0. The Morgan fingerprint density at radius 3 is 2.31 bits per heavy atom. The van der Waals surface area contributed by atoms with Crippen LogP contribution < -0.4 is 24.8 Å². The van der Waals surface area contributed by atoms with Gasteiger partial charge in [0.05, 0.1) is 27.4 Å². The quantitative estimate of drug-likeness (QED) is 0.460. The molecular formula is C22H21N5O4S. The Balaban J connectivity index is 1.72. The normalized spacial score (nSPS) is 10.1. The largest absolute Gasteiger partial charge is 0.493 e. The number of nitrogens with one attached hydrogen (secondary N) is 2. The van der Waals surface area contributed by atoms with Gasteiger partial charge in [-0.15, -0.1) is 0 Å². The first kappa shape index (κ1) is 22.7. The first-order chi connectivity index (χ1) is 15.6. The number of hydrogen-bond acceptors (Lipinski definition) is 9. The molecule has 0 spiro atoms. The molecule has 0 unspecified atom stereocenters. The van der Waals surface area contributed by atoms with E-state index < -0.39 is 0 Å². The van der Waals surface area contributed by atoms with Crippen LogP contribution in [-0.2, 0) is 4.79 Å². The van der Waals surface area contributed by atoms with Gasteiger partial charge in [-0.1, -0.05) is 11.8 Å². The van der Waals surface area contributed by atoms with Crippen molar-refractivity contribution in [3.8, 4) is 23.3 Å². The van der Waals surface area contributed by atoms with Gasteiger partial charge in [0, 0.05) is 34.6 Å². The molecule has 0 aliphatic carbocycles. The Kier molecular flexibility index (Phi) is 7.72. The molecule has 32 heavy (non-hydrogen) atoms.